The van der Waals surface area contributed by atoms with Crippen LogP contribution in [0.3, 0.4) is 0 Å². The van der Waals surface area contributed by atoms with Crippen LogP contribution in [0.5, 0.6) is 0 Å². The summed E-state index contributed by atoms with van der Waals surface area (Å²) in [7, 11) is 0. The minimum Gasteiger partial charge on any atom is -0.349 e. The van der Waals surface area contributed by atoms with Crippen molar-refractivity contribution in [3.63, 3.8) is 0 Å². The van der Waals surface area contributed by atoms with Crippen LogP contribution >= 0.6 is 0 Å². The summed E-state index contributed by atoms with van der Waals surface area (Å²) in [6.07, 6.45) is 10.2. The van der Waals surface area contributed by atoms with Gasteiger partial charge in [-0.1, -0.05) is 12.1 Å². The van der Waals surface area contributed by atoms with E-state index in [-0.39, 0.29) is 5.91 Å². The summed E-state index contributed by atoms with van der Waals surface area (Å²) in [5, 5.41) is 1.99. The molecule has 1 N–H and O–H groups in total. The van der Waals surface area contributed by atoms with Crippen LogP contribution in [0.4, 0.5) is 0 Å². The Morgan fingerprint density at radius 2 is 2.08 bits per heavy atom. The number of hydrogen-bond acceptors (Lipinski definition) is 3. The number of carbonyl (C=O) groups is 1. The lowest BCUT2D eigenvalue weighted by atomic mass is 9.92. The highest BCUT2D eigenvalue weighted by molar-refractivity contribution is 6.06. The molecule has 0 radical (unpaired) electrons. The second-order valence-electron chi connectivity index (χ2n) is 6.38. The largest absolute Gasteiger partial charge is 0.349 e. The van der Waals surface area contributed by atoms with Gasteiger partial charge in [0.15, 0.2) is 0 Å². The molecule has 0 spiro atoms. The van der Waals surface area contributed by atoms with E-state index >= 15 is 0 Å². The van der Waals surface area contributed by atoms with Gasteiger partial charge in [0.2, 0.25) is 0 Å². The number of aromatic nitrogens is 3. The Kier molecular flexibility index (Phi) is 3.99. The summed E-state index contributed by atoms with van der Waals surface area (Å²) in [5.41, 5.74) is 0.777. The Hall–Kier alpha value is -2.69. The van der Waals surface area contributed by atoms with Crippen molar-refractivity contribution in [1.29, 1.82) is 0 Å². The van der Waals surface area contributed by atoms with Gasteiger partial charge >= 0.3 is 0 Å². The number of pyridine rings is 1. The maximum Gasteiger partial charge on any atom is 0.254 e. The number of piperidine rings is 1. The molecule has 1 aliphatic rings. The van der Waals surface area contributed by atoms with Gasteiger partial charge in [0.05, 0.1) is 0 Å². The number of hydrogen-bond donors (Lipinski definition) is 1. The maximum absolute atomic E-state index is 12.9. The lowest BCUT2D eigenvalue weighted by Gasteiger charge is -2.32. The molecular weight excluding hydrogens is 300 g/mol. The van der Waals surface area contributed by atoms with Crippen molar-refractivity contribution in [3.05, 3.63) is 60.4 Å². The molecule has 0 saturated carbocycles. The Bertz CT molecular complexity index is 830. The third kappa shape index (κ3) is 2.89. The monoisotopic (exact) mass is 320 g/mol. The second kappa shape index (κ2) is 6.43. The van der Waals surface area contributed by atoms with Crippen molar-refractivity contribution in [2.24, 2.45) is 5.92 Å². The van der Waals surface area contributed by atoms with Gasteiger partial charge in [0, 0.05) is 55.2 Å². The van der Waals surface area contributed by atoms with Gasteiger partial charge in [-0.15, -0.1) is 0 Å². The minimum absolute atomic E-state index is 0.128. The van der Waals surface area contributed by atoms with E-state index in [1.807, 2.05) is 41.6 Å². The molecule has 0 atom stereocenters. The smallest absolute Gasteiger partial charge is 0.254 e. The SMILES string of the molecule is O=C(c1cccc2cnccc12)N1CCC(Cc2ncc[nH]2)CC1. The molecule has 24 heavy (non-hydrogen) atoms. The molecular formula is C19H20N4O. The quantitative estimate of drug-likeness (QED) is 0.807. The number of H-pyrrole nitrogens is 1. The molecule has 0 aliphatic carbocycles. The highest BCUT2D eigenvalue weighted by atomic mass is 16.2. The molecule has 122 valence electrons. The summed E-state index contributed by atoms with van der Waals surface area (Å²) in [4.78, 5) is 26.5. The molecule has 4 rings (SSSR count). The number of rotatable bonds is 3. The number of imidazole rings is 1. The number of aromatic amines is 1. The van der Waals surface area contributed by atoms with Crippen LogP contribution in [0.2, 0.25) is 0 Å². The van der Waals surface area contributed by atoms with Crippen LogP contribution in [0, 0.1) is 5.92 Å². The Morgan fingerprint density at radius 3 is 2.88 bits per heavy atom. The van der Waals surface area contributed by atoms with Crippen LogP contribution < -0.4 is 0 Å². The first kappa shape index (κ1) is 14.9. The molecule has 1 saturated heterocycles. The fourth-order valence-electron chi connectivity index (χ4n) is 3.50. The maximum atomic E-state index is 12.9. The number of carbonyl (C=O) groups excluding carboxylic acids is 1. The van der Waals surface area contributed by atoms with E-state index < -0.39 is 0 Å². The zero-order valence-electron chi connectivity index (χ0n) is 13.5. The molecule has 1 aliphatic heterocycles. The summed E-state index contributed by atoms with van der Waals surface area (Å²) < 4.78 is 0. The van der Waals surface area contributed by atoms with E-state index in [9.17, 15) is 4.79 Å². The van der Waals surface area contributed by atoms with Crippen molar-refractivity contribution < 1.29 is 4.79 Å². The summed E-state index contributed by atoms with van der Waals surface area (Å²) >= 11 is 0. The van der Waals surface area contributed by atoms with Gasteiger partial charge in [-0.2, -0.15) is 0 Å². The van der Waals surface area contributed by atoms with Crippen molar-refractivity contribution in [3.8, 4) is 0 Å². The summed E-state index contributed by atoms with van der Waals surface area (Å²) in [6, 6.07) is 7.77. The Labute approximate surface area is 140 Å². The van der Waals surface area contributed by atoms with E-state index in [1.54, 1.807) is 12.4 Å². The molecule has 5 nitrogen and oxygen atoms in total. The molecule has 3 aromatic rings. The average molecular weight is 320 g/mol. The van der Waals surface area contributed by atoms with E-state index in [2.05, 4.69) is 15.0 Å². The number of benzene rings is 1. The predicted molar refractivity (Wildman–Crippen MR) is 92.7 cm³/mol. The third-order valence-corrected chi connectivity index (χ3v) is 4.85. The standard InChI is InChI=1S/C19H20N4O/c24-19(17-3-1-2-15-13-20-7-4-16(15)17)23-10-5-14(6-11-23)12-18-21-8-9-22-18/h1-4,7-9,13-14H,5-6,10-12H2,(H,21,22). The van der Waals surface area contributed by atoms with Gasteiger partial charge in [0.1, 0.15) is 5.82 Å². The fourth-order valence-corrected chi connectivity index (χ4v) is 3.50. The molecule has 1 fully saturated rings. The molecule has 3 heterocycles. The van der Waals surface area contributed by atoms with E-state index in [1.165, 1.54) is 0 Å². The second-order valence-corrected chi connectivity index (χ2v) is 6.38. The lowest BCUT2D eigenvalue weighted by Crippen LogP contribution is -2.39. The van der Waals surface area contributed by atoms with Gasteiger partial charge in [-0.3, -0.25) is 9.78 Å². The molecule has 5 heteroatoms. The van der Waals surface area contributed by atoms with Crippen LogP contribution in [-0.2, 0) is 6.42 Å². The molecule has 2 aromatic heterocycles. The number of nitrogens with zero attached hydrogens (tertiary/aromatic N) is 3. The van der Waals surface area contributed by atoms with Gasteiger partial charge in [0.25, 0.3) is 5.91 Å². The zero-order valence-corrected chi connectivity index (χ0v) is 13.5. The molecule has 1 amide bonds. The average Bonchev–Trinajstić information content (AvgIpc) is 3.14. The molecule has 0 unspecified atom stereocenters. The summed E-state index contributed by atoms with van der Waals surface area (Å²) in [6.45, 7) is 1.62. The van der Waals surface area contributed by atoms with Crippen molar-refractivity contribution in [1.82, 2.24) is 19.9 Å². The Balaban J connectivity index is 1.46. The number of fused-ring (bicyclic) bond motifs is 1. The van der Waals surface area contributed by atoms with Gasteiger partial charge in [-0.05, 0) is 36.3 Å². The van der Waals surface area contributed by atoms with Crippen molar-refractivity contribution in [2.45, 2.75) is 19.3 Å². The van der Waals surface area contributed by atoms with Crippen LogP contribution in [0.1, 0.15) is 29.0 Å². The molecule has 0 bridgehead atoms. The first-order valence-corrected chi connectivity index (χ1v) is 8.41. The van der Waals surface area contributed by atoms with Gasteiger partial charge < -0.3 is 9.88 Å². The first-order chi connectivity index (χ1) is 11.8. The van der Waals surface area contributed by atoms with Crippen LogP contribution in [-0.4, -0.2) is 38.8 Å². The highest BCUT2D eigenvalue weighted by Crippen LogP contribution is 2.24. The Morgan fingerprint density at radius 1 is 1.21 bits per heavy atom. The number of likely N-dealkylation sites (tertiary alicyclic amines) is 1. The fraction of sp³-hybridized carbons (Fsp3) is 0.316. The van der Waals surface area contributed by atoms with Crippen LogP contribution in [0.25, 0.3) is 10.8 Å². The first-order valence-electron chi connectivity index (χ1n) is 8.41. The topological polar surface area (TPSA) is 61.9 Å². The predicted octanol–water partition coefficient (Wildman–Crippen LogP) is 3.05. The zero-order chi connectivity index (χ0) is 16.4. The number of amides is 1. The lowest BCUT2D eigenvalue weighted by molar-refractivity contribution is 0.0692. The van der Waals surface area contributed by atoms with E-state index in [4.69, 9.17) is 0 Å². The van der Waals surface area contributed by atoms with Crippen molar-refractivity contribution >= 4 is 16.7 Å². The summed E-state index contributed by atoms with van der Waals surface area (Å²) in [5.74, 6) is 1.77. The van der Waals surface area contributed by atoms with Crippen molar-refractivity contribution in [2.75, 3.05) is 13.1 Å². The van der Waals surface area contributed by atoms with E-state index in [0.29, 0.717) is 5.92 Å². The molecule has 1 aromatic carbocycles. The minimum atomic E-state index is 0.128. The normalized spacial score (nSPS) is 15.8. The van der Waals surface area contributed by atoms with E-state index in [0.717, 1.165) is 54.5 Å². The van der Waals surface area contributed by atoms with Gasteiger partial charge in [-0.25, -0.2) is 4.98 Å². The van der Waals surface area contributed by atoms with Crippen LogP contribution in [0.15, 0.2) is 49.1 Å². The number of nitrogens with one attached hydrogen (secondary N) is 1. The highest BCUT2D eigenvalue weighted by Gasteiger charge is 2.25. The third-order valence-electron chi connectivity index (χ3n) is 4.85.